The van der Waals surface area contributed by atoms with Crippen LogP contribution in [-0.4, -0.2) is 53.9 Å². The van der Waals surface area contributed by atoms with E-state index < -0.39 is 27.9 Å². The van der Waals surface area contributed by atoms with E-state index in [1.807, 2.05) is 45.9 Å². The van der Waals surface area contributed by atoms with Crippen molar-refractivity contribution < 1.29 is 22.3 Å². The molecule has 12 heteroatoms. The highest BCUT2D eigenvalue weighted by Crippen LogP contribution is 2.22. The van der Waals surface area contributed by atoms with E-state index in [4.69, 9.17) is 15.6 Å². The van der Waals surface area contributed by atoms with Gasteiger partial charge in [-0.25, -0.2) is 27.6 Å². The smallest absolute Gasteiger partial charge is 0.324 e. The van der Waals surface area contributed by atoms with Crippen molar-refractivity contribution in [3.05, 3.63) is 70.6 Å². The van der Waals surface area contributed by atoms with Crippen LogP contribution in [0.4, 0.5) is 4.39 Å². The molecule has 0 saturated heterocycles. The Morgan fingerprint density at radius 1 is 1.19 bits per heavy atom. The van der Waals surface area contributed by atoms with Crippen molar-refractivity contribution in [2.75, 3.05) is 13.8 Å². The second kappa shape index (κ2) is 11.5. The maximum absolute atomic E-state index is 15.1. The maximum Gasteiger partial charge on any atom is 0.324 e. The molecule has 0 spiro atoms. The van der Waals surface area contributed by atoms with Crippen molar-refractivity contribution in [2.24, 2.45) is 16.8 Å². The average Bonchev–Trinajstić information content (AvgIpc) is 3.20. The van der Waals surface area contributed by atoms with Gasteiger partial charge in [0.1, 0.15) is 30.1 Å². The van der Waals surface area contributed by atoms with E-state index in [1.165, 1.54) is 16.8 Å². The van der Waals surface area contributed by atoms with Gasteiger partial charge in [0.25, 0.3) is 0 Å². The van der Waals surface area contributed by atoms with Crippen molar-refractivity contribution in [3.63, 3.8) is 0 Å². The van der Waals surface area contributed by atoms with Crippen LogP contribution in [0.15, 0.2) is 41.3 Å². The number of carbonyl (C=O) groups is 1. The molecule has 4 N–H and O–H groups in total. The quantitative estimate of drug-likeness (QED) is 0.298. The molecule has 3 rings (SSSR count). The Labute approximate surface area is 216 Å². The molecule has 37 heavy (non-hydrogen) atoms. The van der Waals surface area contributed by atoms with Gasteiger partial charge in [0.15, 0.2) is 5.82 Å². The highest BCUT2D eigenvalue weighted by Gasteiger charge is 2.21. The van der Waals surface area contributed by atoms with Crippen molar-refractivity contribution >= 4 is 16.0 Å². The fourth-order valence-corrected chi connectivity index (χ4v) is 4.12. The topological polar surface area (TPSA) is 146 Å². The van der Waals surface area contributed by atoms with E-state index in [0.717, 1.165) is 22.8 Å². The lowest BCUT2D eigenvalue weighted by Crippen LogP contribution is -2.38. The summed E-state index contributed by atoms with van der Waals surface area (Å²) >= 11 is 0. The van der Waals surface area contributed by atoms with Gasteiger partial charge < -0.3 is 10.5 Å². The number of aryl methyl sites for hydroxylation is 2. The third kappa shape index (κ3) is 7.19. The fourth-order valence-electron chi connectivity index (χ4n) is 3.59. The zero-order valence-corrected chi connectivity index (χ0v) is 22.4. The number of primary sulfonamides is 1. The van der Waals surface area contributed by atoms with E-state index in [2.05, 4.69) is 10.1 Å². The van der Waals surface area contributed by atoms with Crippen LogP contribution in [0.5, 0.6) is 0 Å². The molecule has 200 valence electrons. The van der Waals surface area contributed by atoms with Gasteiger partial charge in [0.2, 0.25) is 10.0 Å². The predicted molar refractivity (Wildman–Crippen MR) is 137 cm³/mol. The van der Waals surface area contributed by atoms with E-state index in [1.54, 1.807) is 11.9 Å². The van der Waals surface area contributed by atoms with Gasteiger partial charge in [-0.2, -0.15) is 0 Å². The number of halogens is 1. The number of hydrogen-bond donors (Lipinski definition) is 2. The van der Waals surface area contributed by atoms with E-state index in [-0.39, 0.29) is 29.8 Å². The summed E-state index contributed by atoms with van der Waals surface area (Å²) < 4.78 is 45.0. The van der Waals surface area contributed by atoms with Gasteiger partial charge in [0.05, 0.1) is 11.4 Å². The summed E-state index contributed by atoms with van der Waals surface area (Å²) in [6.07, 6.45) is 0.360. The number of nitrogens with zero attached hydrogens (tertiary/aromatic N) is 4. The zero-order valence-electron chi connectivity index (χ0n) is 21.6. The molecule has 0 aliphatic carbocycles. The van der Waals surface area contributed by atoms with Gasteiger partial charge in [-0.3, -0.25) is 9.69 Å². The molecule has 0 aliphatic rings. The molecule has 1 heterocycles. The minimum absolute atomic E-state index is 0.0302. The number of esters is 1. The monoisotopic (exact) mass is 532 g/mol. The van der Waals surface area contributed by atoms with Crippen molar-refractivity contribution in [1.82, 2.24) is 19.7 Å². The number of nitrogens with two attached hydrogens (primary N) is 2. The van der Waals surface area contributed by atoms with Gasteiger partial charge in [0, 0.05) is 6.42 Å². The van der Waals surface area contributed by atoms with Gasteiger partial charge in [-0.1, -0.05) is 37.6 Å². The Balaban J connectivity index is 1.92. The molecule has 2 aromatic carbocycles. The van der Waals surface area contributed by atoms with Crippen molar-refractivity contribution in [2.45, 2.75) is 51.6 Å². The van der Waals surface area contributed by atoms with Gasteiger partial charge in [-0.05, 0) is 56.1 Å². The third-order valence-corrected chi connectivity index (χ3v) is 6.79. The summed E-state index contributed by atoms with van der Waals surface area (Å²) in [6, 6.07) is 8.69. The maximum atomic E-state index is 15.1. The molecule has 0 bridgehead atoms. The van der Waals surface area contributed by atoms with E-state index in [9.17, 15) is 13.2 Å². The zero-order chi connectivity index (χ0) is 27.5. The highest BCUT2D eigenvalue weighted by atomic mass is 32.2. The number of benzene rings is 2. The predicted octanol–water partition coefficient (Wildman–Crippen LogP) is 2.18. The Morgan fingerprint density at radius 3 is 2.51 bits per heavy atom. The molecule has 1 aromatic heterocycles. The third-order valence-electron chi connectivity index (χ3n) is 5.88. The van der Waals surface area contributed by atoms with Crippen LogP contribution >= 0.6 is 0 Å². The molecule has 0 saturated carbocycles. The summed E-state index contributed by atoms with van der Waals surface area (Å²) in [7, 11) is -2.35. The standard InChI is InChI=1S/C25H33FN6O4S/c1-15(2)24(27)25(33)36-14-31(5)13-22-29-23(11-18-10-16(3)6-7-17(18)4)32(30-22)21-9-8-19(12-20(21)26)37(28,34)35/h6-10,12,15,24H,11,13-14,27H2,1-5H3,(H2,28,34,35). The summed E-state index contributed by atoms with van der Waals surface area (Å²) in [6.45, 7) is 7.79. The number of rotatable bonds is 10. The van der Waals surface area contributed by atoms with Gasteiger partial charge in [-0.15, -0.1) is 5.10 Å². The normalized spacial score (nSPS) is 12.8. The number of ether oxygens (including phenoxy) is 1. The Hall–Kier alpha value is -3.19. The molecule has 0 fully saturated rings. The van der Waals surface area contributed by atoms with Crippen molar-refractivity contribution in [1.29, 1.82) is 0 Å². The largest absolute Gasteiger partial charge is 0.448 e. The van der Waals surface area contributed by atoms with Crippen LogP contribution in [0.3, 0.4) is 0 Å². The molecule has 10 nitrogen and oxygen atoms in total. The molecule has 3 aromatic rings. The first-order valence-electron chi connectivity index (χ1n) is 11.7. The van der Waals surface area contributed by atoms with E-state index >= 15 is 4.39 Å². The minimum Gasteiger partial charge on any atom is -0.448 e. The fraction of sp³-hybridized carbons (Fsp3) is 0.400. The van der Waals surface area contributed by atoms with Crippen LogP contribution in [0.1, 0.15) is 42.2 Å². The van der Waals surface area contributed by atoms with Crippen LogP contribution in [0.25, 0.3) is 5.69 Å². The molecule has 1 atom stereocenters. The van der Waals surface area contributed by atoms with Crippen LogP contribution < -0.4 is 10.9 Å². The summed E-state index contributed by atoms with van der Waals surface area (Å²) in [4.78, 5) is 18.1. The molecule has 0 amide bonds. The number of aromatic nitrogens is 3. The molecule has 0 radical (unpaired) electrons. The number of carbonyl (C=O) groups excluding carboxylic acids is 1. The SMILES string of the molecule is Cc1ccc(C)c(Cc2nc(CN(C)COC(=O)C(N)C(C)C)nn2-c2ccc(S(N)(=O)=O)cc2F)c1. The second-order valence-corrected chi connectivity index (χ2v) is 11.1. The second-order valence-electron chi connectivity index (χ2n) is 9.50. The van der Waals surface area contributed by atoms with Crippen LogP contribution in [0.2, 0.25) is 0 Å². The summed E-state index contributed by atoms with van der Waals surface area (Å²) in [5, 5.41) is 9.63. The van der Waals surface area contributed by atoms with Crippen LogP contribution in [0, 0.1) is 25.6 Å². The van der Waals surface area contributed by atoms with Gasteiger partial charge >= 0.3 is 5.97 Å². The first kappa shape index (κ1) is 28.4. The van der Waals surface area contributed by atoms with Crippen LogP contribution in [-0.2, 0) is 32.5 Å². The lowest BCUT2D eigenvalue weighted by atomic mass is 10.0. The molecule has 1 unspecified atom stereocenters. The molecule has 0 aliphatic heterocycles. The lowest BCUT2D eigenvalue weighted by molar-refractivity contribution is -0.150. The Morgan fingerprint density at radius 2 is 1.89 bits per heavy atom. The highest BCUT2D eigenvalue weighted by molar-refractivity contribution is 7.89. The Kier molecular flexibility index (Phi) is 8.80. The number of hydrogen-bond acceptors (Lipinski definition) is 8. The number of sulfonamides is 1. The minimum atomic E-state index is -4.07. The summed E-state index contributed by atoms with van der Waals surface area (Å²) in [5.74, 6) is -0.554. The Bertz CT molecular complexity index is 1390. The molecular formula is C25H33FN6O4S. The lowest BCUT2D eigenvalue weighted by Gasteiger charge is -2.18. The summed E-state index contributed by atoms with van der Waals surface area (Å²) in [5.41, 5.74) is 8.96. The average molecular weight is 533 g/mol. The molecular weight excluding hydrogens is 499 g/mol. The first-order chi connectivity index (χ1) is 17.3. The van der Waals surface area contributed by atoms with E-state index in [0.29, 0.717) is 18.1 Å². The first-order valence-corrected chi connectivity index (χ1v) is 13.2. The van der Waals surface area contributed by atoms with Crippen molar-refractivity contribution in [3.8, 4) is 5.69 Å².